The average Bonchev–Trinajstić information content (AvgIpc) is 3.34. The van der Waals surface area contributed by atoms with E-state index in [0.717, 1.165) is 25.5 Å². The molecular formula is C18H25ClFN3O2. The smallest absolute Gasteiger partial charge is 0.194 e. The molecule has 1 N–H and O–H groups in total. The quantitative estimate of drug-likeness (QED) is 0.640. The molecule has 7 heteroatoms. The fraction of sp³-hybridized carbons (Fsp3) is 0.611. The zero-order chi connectivity index (χ0) is 17.8. The van der Waals surface area contributed by atoms with E-state index in [1.807, 2.05) is 6.92 Å². The van der Waals surface area contributed by atoms with Gasteiger partial charge in [0, 0.05) is 49.3 Å². The molecule has 1 aromatic rings. The third kappa shape index (κ3) is 4.43. The Bertz CT molecular complexity index is 606. The van der Waals surface area contributed by atoms with E-state index in [4.69, 9.17) is 21.1 Å². The van der Waals surface area contributed by atoms with Crippen molar-refractivity contribution in [2.75, 3.05) is 40.0 Å². The minimum Gasteiger partial charge on any atom is -0.382 e. The number of nitrogens with one attached hydrogen (secondary N) is 1. The molecule has 5 nitrogen and oxygen atoms in total. The van der Waals surface area contributed by atoms with Crippen LogP contribution in [0.4, 0.5) is 4.39 Å². The van der Waals surface area contributed by atoms with E-state index in [-0.39, 0.29) is 23.9 Å². The van der Waals surface area contributed by atoms with E-state index < -0.39 is 0 Å². The molecule has 138 valence electrons. The predicted molar refractivity (Wildman–Crippen MR) is 96.9 cm³/mol. The largest absolute Gasteiger partial charge is 0.382 e. The van der Waals surface area contributed by atoms with Crippen LogP contribution in [0.5, 0.6) is 0 Å². The summed E-state index contributed by atoms with van der Waals surface area (Å²) in [5.74, 6) is 0.709. The highest BCUT2D eigenvalue weighted by atomic mass is 35.5. The zero-order valence-corrected chi connectivity index (χ0v) is 15.4. The fourth-order valence-electron chi connectivity index (χ4n) is 3.29. The van der Waals surface area contributed by atoms with Crippen LogP contribution < -0.4 is 5.32 Å². The Morgan fingerprint density at radius 2 is 2.36 bits per heavy atom. The van der Waals surface area contributed by atoms with Crippen LogP contribution in [0, 0.1) is 5.82 Å². The number of methoxy groups -OCH3 is 1. The first-order valence-electron chi connectivity index (χ1n) is 8.74. The van der Waals surface area contributed by atoms with Gasteiger partial charge in [-0.1, -0.05) is 17.7 Å². The Morgan fingerprint density at radius 1 is 1.52 bits per heavy atom. The highest BCUT2D eigenvalue weighted by Gasteiger charge is 2.42. The summed E-state index contributed by atoms with van der Waals surface area (Å²) in [5.41, 5.74) is 0.608. The standard InChI is InChI=1S/C18H25ClFN3O2/c1-3-21-18(23-7-8-25-12(10-23)11-24-2)22-16-9-13(16)17-14(19)5-4-6-15(17)20/h4-6,12-13,16H,3,7-11H2,1-2H3,(H,21,22). The number of ether oxygens (including phenoxy) is 2. The van der Waals surface area contributed by atoms with Gasteiger partial charge in [0.2, 0.25) is 0 Å². The SMILES string of the molecule is CCN=C(NC1CC1c1c(F)cccc1Cl)N1CCOC(COC)C1. The zero-order valence-electron chi connectivity index (χ0n) is 14.7. The van der Waals surface area contributed by atoms with Crippen molar-refractivity contribution >= 4 is 17.6 Å². The topological polar surface area (TPSA) is 46.1 Å². The maximum atomic E-state index is 14.1. The van der Waals surface area contributed by atoms with Crippen LogP contribution in [0.1, 0.15) is 24.8 Å². The summed E-state index contributed by atoms with van der Waals surface area (Å²) in [5, 5.41) is 3.98. The normalized spacial score (nSPS) is 26.6. The Kier molecular flexibility index (Phi) is 6.15. The number of aliphatic imine (C=N–C) groups is 1. The molecule has 1 saturated carbocycles. The van der Waals surface area contributed by atoms with Crippen molar-refractivity contribution < 1.29 is 13.9 Å². The number of hydrogen-bond acceptors (Lipinski definition) is 3. The molecular weight excluding hydrogens is 345 g/mol. The summed E-state index contributed by atoms with van der Waals surface area (Å²) in [6.07, 6.45) is 0.897. The predicted octanol–water partition coefficient (Wildman–Crippen LogP) is 2.65. The minimum absolute atomic E-state index is 0.0404. The van der Waals surface area contributed by atoms with E-state index in [1.165, 1.54) is 6.07 Å². The molecule has 1 aliphatic heterocycles. The Labute approximate surface area is 153 Å². The Morgan fingerprint density at radius 3 is 3.08 bits per heavy atom. The second kappa shape index (κ2) is 8.34. The van der Waals surface area contributed by atoms with Gasteiger partial charge in [0.05, 0.1) is 19.3 Å². The molecule has 2 fully saturated rings. The van der Waals surface area contributed by atoms with Crippen molar-refractivity contribution in [3.05, 3.63) is 34.6 Å². The van der Waals surface area contributed by atoms with Crippen molar-refractivity contribution in [1.29, 1.82) is 0 Å². The molecule has 0 aromatic heterocycles. The second-order valence-corrected chi connectivity index (χ2v) is 6.83. The number of halogens is 2. The van der Waals surface area contributed by atoms with Crippen LogP contribution in [0.2, 0.25) is 5.02 Å². The van der Waals surface area contributed by atoms with Gasteiger partial charge < -0.3 is 19.7 Å². The van der Waals surface area contributed by atoms with E-state index >= 15 is 0 Å². The molecule has 1 aliphatic carbocycles. The van der Waals surface area contributed by atoms with Crippen LogP contribution >= 0.6 is 11.6 Å². The van der Waals surface area contributed by atoms with E-state index in [0.29, 0.717) is 30.3 Å². The van der Waals surface area contributed by atoms with E-state index in [1.54, 1.807) is 19.2 Å². The van der Waals surface area contributed by atoms with Crippen LogP contribution in [-0.2, 0) is 9.47 Å². The van der Waals surface area contributed by atoms with Gasteiger partial charge in [0.15, 0.2) is 5.96 Å². The molecule has 3 unspecified atom stereocenters. The Hall–Kier alpha value is -1.37. The monoisotopic (exact) mass is 369 g/mol. The summed E-state index contributed by atoms with van der Waals surface area (Å²) in [4.78, 5) is 6.79. The van der Waals surface area contributed by atoms with Crippen molar-refractivity contribution in [1.82, 2.24) is 10.2 Å². The number of benzene rings is 1. The first-order valence-corrected chi connectivity index (χ1v) is 9.12. The summed E-state index contributed by atoms with van der Waals surface area (Å²) in [6, 6.07) is 5.01. The lowest BCUT2D eigenvalue weighted by Crippen LogP contribution is -2.52. The molecule has 0 radical (unpaired) electrons. The van der Waals surface area contributed by atoms with Gasteiger partial charge in [0.25, 0.3) is 0 Å². The van der Waals surface area contributed by atoms with Crippen molar-refractivity contribution in [3.8, 4) is 0 Å². The number of guanidine groups is 1. The average molecular weight is 370 g/mol. The third-order valence-corrected chi connectivity index (χ3v) is 4.90. The highest BCUT2D eigenvalue weighted by Crippen LogP contribution is 2.45. The van der Waals surface area contributed by atoms with Gasteiger partial charge in [-0.15, -0.1) is 0 Å². The van der Waals surface area contributed by atoms with Gasteiger partial charge in [-0.05, 0) is 25.5 Å². The van der Waals surface area contributed by atoms with Gasteiger partial charge in [0.1, 0.15) is 5.82 Å². The minimum atomic E-state index is -0.234. The molecule has 0 amide bonds. The summed E-state index contributed by atoms with van der Waals surface area (Å²) in [7, 11) is 1.68. The lowest BCUT2D eigenvalue weighted by Gasteiger charge is -2.35. The molecule has 3 atom stereocenters. The maximum Gasteiger partial charge on any atom is 0.194 e. The molecule has 25 heavy (non-hydrogen) atoms. The molecule has 0 spiro atoms. The molecule has 1 saturated heterocycles. The third-order valence-electron chi connectivity index (χ3n) is 4.57. The highest BCUT2D eigenvalue weighted by molar-refractivity contribution is 6.31. The van der Waals surface area contributed by atoms with Gasteiger partial charge in [-0.25, -0.2) is 4.39 Å². The van der Waals surface area contributed by atoms with Crippen LogP contribution in [0.15, 0.2) is 23.2 Å². The maximum absolute atomic E-state index is 14.1. The van der Waals surface area contributed by atoms with Gasteiger partial charge in [-0.3, -0.25) is 4.99 Å². The van der Waals surface area contributed by atoms with Crippen molar-refractivity contribution in [2.24, 2.45) is 4.99 Å². The summed E-state index contributed by atoms with van der Waals surface area (Å²) >= 11 is 6.19. The molecule has 2 aliphatic rings. The van der Waals surface area contributed by atoms with Gasteiger partial charge >= 0.3 is 0 Å². The number of morpholine rings is 1. The molecule has 0 bridgehead atoms. The van der Waals surface area contributed by atoms with Crippen LogP contribution in [0.3, 0.4) is 0 Å². The number of rotatable bonds is 5. The number of nitrogens with zero attached hydrogens (tertiary/aromatic N) is 2. The second-order valence-electron chi connectivity index (χ2n) is 6.42. The van der Waals surface area contributed by atoms with E-state index in [2.05, 4.69) is 15.2 Å². The number of hydrogen-bond donors (Lipinski definition) is 1. The lowest BCUT2D eigenvalue weighted by molar-refractivity contribution is -0.0447. The van der Waals surface area contributed by atoms with E-state index in [9.17, 15) is 4.39 Å². The van der Waals surface area contributed by atoms with Gasteiger partial charge in [-0.2, -0.15) is 0 Å². The summed E-state index contributed by atoms with van der Waals surface area (Å²) in [6.45, 7) is 5.42. The fourth-order valence-corrected chi connectivity index (χ4v) is 3.59. The molecule has 1 aromatic carbocycles. The van der Waals surface area contributed by atoms with Crippen LogP contribution in [-0.4, -0.2) is 63.0 Å². The summed E-state index contributed by atoms with van der Waals surface area (Å²) < 4.78 is 25.0. The van der Waals surface area contributed by atoms with Crippen LogP contribution in [0.25, 0.3) is 0 Å². The molecule has 3 rings (SSSR count). The van der Waals surface area contributed by atoms with Crippen molar-refractivity contribution in [3.63, 3.8) is 0 Å². The lowest BCUT2D eigenvalue weighted by atomic mass is 10.1. The Balaban J connectivity index is 1.65. The first-order chi connectivity index (χ1) is 12.1. The first kappa shape index (κ1) is 18.4. The van der Waals surface area contributed by atoms with Crippen molar-refractivity contribution in [2.45, 2.75) is 31.4 Å². The molecule has 1 heterocycles.